The quantitative estimate of drug-likeness (QED) is 0.346. The lowest BCUT2D eigenvalue weighted by Crippen LogP contribution is -2.07. The molecule has 0 spiro atoms. The topological polar surface area (TPSA) is 66.0 Å². The zero-order valence-corrected chi connectivity index (χ0v) is 19.1. The first-order valence-corrected chi connectivity index (χ1v) is 10.3. The van der Waals surface area contributed by atoms with E-state index in [2.05, 4.69) is 5.32 Å². The Labute approximate surface area is 194 Å². The Morgan fingerprint density at radius 1 is 0.697 bits per heavy atom. The van der Waals surface area contributed by atoms with Crippen molar-refractivity contribution in [2.45, 2.75) is 0 Å². The van der Waals surface area contributed by atoms with Crippen molar-refractivity contribution in [3.63, 3.8) is 0 Å². The third kappa shape index (κ3) is 6.17. The summed E-state index contributed by atoms with van der Waals surface area (Å²) in [6.45, 7) is 0. The fraction of sp³-hybridized carbons (Fsp3) is 0.148. The summed E-state index contributed by atoms with van der Waals surface area (Å²) in [5.74, 6) is 2.19. The molecule has 3 aromatic carbocycles. The van der Waals surface area contributed by atoms with Crippen LogP contribution in [0.25, 0.3) is 18.2 Å². The molecule has 0 heterocycles. The van der Waals surface area contributed by atoms with Gasteiger partial charge in [0.05, 0.1) is 28.4 Å². The van der Waals surface area contributed by atoms with Gasteiger partial charge in [-0.1, -0.05) is 42.5 Å². The maximum absolute atomic E-state index is 12.4. The number of carbonyl (C=O) groups excluding carboxylic acids is 1. The van der Waals surface area contributed by atoms with Crippen molar-refractivity contribution in [3.8, 4) is 23.0 Å². The van der Waals surface area contributed by atoms with E-state index >= 15 is 0 Å². The van der Waals surface area contributed by atoms with Gasteiger partial charge in [0.15, 0.2) is 11.5 Å². The number of anilines is 1. The largest absolute Gasteiger partial charge is 0.496 e. The smallest absolute Gasteiger partial charge is 0.248 e. The second-order valence-corrected chi connectivity index (χ2v) is 6.98. The lowest BCUT2D eigenvalue weighted by molar-refractivity contribution is -0.111. The summed E-state index contributed by atoms with van der Waals surface area (Å²) >= 11 is 0. The van der Waals surface area contributed by atoms with Crippen LogP contribution < -0.4 is 24.3 Å². The van der Waals surface area contributed by atoms with Crippen LogP contribution in [-0.2, 0) is 4.79 Å². The molecule has 3 aromatic rings. The van der Waals surface area contributed by atoms with Gasteiger partial charge in [-0.15, -0.1) is 0 Å². The summed E-state index contributed by atoms with van der Waals surface area (Å²) in [5, 5.41) is 2.88. The Bertz CT molecular complexity index is 1140. The first-order valence-electron chi connectivity index (χ1n) is 10.3. The predicted octanol–water partition coefficient (Wildman–Crippen LogP) is 5.54. The van der Waals surface area contributed by atoms with Gasteiger partial charge in [-0.3, -0.25) is 4.79 Å². The van der Waals surface area contributed by atoms with Crippen LogP contribution in [0.2, 0.25) is 0 Å². The average Bonchev–Trinajstić information content (AvgIpc) is 2.85. The number of methoxy groups -OCH3 is 4. The lowest BCUT2D eigenvalue weighted by atomic mass is 10.1. The van der Waals surface area contributed by atoms with E-state index in [1.165, 1.54) is 6.08 Å². The molecule has 0 aromatic heterocycles. The number of rotatable bonds is 9. The zero-order valence-electron chi connectivity index (χ0n) is 19.1. The van der Waals surface area contributed by atoms with E-state index in [0.29, 0.717) is 28.7 Å². The maximum atomic E-state index is 12.4. The minimum Gasteiger partial charge on any atom is -0.496 e. The Hall–Kier alpha value is -4.19. The molecule has 6 nitrogen and oxygen atoms in total. The minimum absolute atomic E-state index is 0.230. The predicted molar refractivity (Wildman–Crippen MR) is 132 cm³/mol. The molecule has 1 amide bonds. The maximum Gasteiger partial charge on any atom is 0.248 e. The summed E-state index contributed by atoms with van der Waals surface area (Å²) in [4.78, 5) is 12.4. The minimum atomic E-state index is -0.230. The average molecular weight is 446 g/mol. The van der Waals surface area contributed by atoms with Crippen LogP contribution in [0, 0.1) is 0 Å². The Morgan fingerprint density at radius 3 is 2.03 bits per heavy atom. The number of hydrogen-bond donors (Lipinski definition) is 1. The summed E-state index contributed by atoms with van der Waals surface area (Å²) in [6.07, 6.45) is 7.09. The monoisotopic (exact) mass is 445 g/mol. The van der Waals surface area contributed by atoms with Crippen LogP contribution in [0.4, 0.5) is 5.69 Å². The number of amides is 1. The number of benzene rings is 3. The summed E-state index contributed by atoms with van der Waals surface area (Å²) in [7, 11) is 6.34. The summed E-state index contributed by atoms with van der Waals surface area (Å²) < 4.78 is 21.5. The van der Waals surface area contributed by atoms with Crippen molar-refractivity contribution in [2.24, 2.45) is 0 Å². The fourth-order valence-electron chi connectivity index (χ4n) is 3.26. The van der Waals surface area contributed by atoms with Crippen LogP contribution >= 0.6 is 0 Å². The van der Waals surface area contributed by atoms with Gasteiger partial charge in [-0.2, -0.15) is 0 Å². The second-order valence-electron chi connectivity index (χ2n) is 6.98. The highest BCUT2D eigenvalue weighted by atomic mass is 16.5. The van der Waals surface area contributed by atoms with E-state index in [9.17, 15) is 4.79 Å². The number of carbonyl (C=O) groups is 1. The molecule has 0 aliphatic heterocycles. The Morgan fingerprint density at radius 2 is 1.36 bits per heavy atom. The fourth-order valence-corrected chi connectivity index (χ4v) is 3.26. The van der Waals surface area contributed by atoms with E-state index in [1.807, 2.05) is 72.8 Å². The third-order valence-electron chi connectivity index (χ3n) is 4.86. The van der Waals surface area contributed by atoms with Gasteiger partial charge in [0.25, 0.3) is 0 Å². The highest BCUT2D eigenvalue weighted by Crippen LogP contribution is 2.38. The molecule has 0 saturated heterocycles. The molecule has 0 saturated carbocycles. The van der Waals surface area contributed by atoms with Crippen molar-refractivity contribution < 1.29 is 23.7 Å². The van der Waals surface area contributed by atoms with Crippen LogP contribution in [0.15, 0.2) is 66.7 Å². The molecule has 0 aliphatic rings. The van der Waals surface area contributed by atoms with Crippen LogP contribution in [0.5, 0.6) is 23.0 Å². The summed E-state index contributed by atoms with van der Waals surface area (Å²) in [6, 6.07) is 18.8. The number of nitrogens with one attached hydrogen (secondary N) is 1. The number of hydrogen-bond acceptors (Lipinski definition) is 5. The molecular formula is C27H27NO5. The van der Waals surface area contributed by atoms with Gasteiger partial charge in [-0.05, 0) is 47.5 Å². The van der Waals surface area contributed by atoms with Gasteiger partial charge in [0.1, 0.15) is 5.75 Å². The van der Waals surface area contributed by atoms with Crippen LogP contribution in [-0.4, -0.2) is 34.3 Å². The second kappa shape index (κ2) is 11.4. The first-order chi connectivity index (χ1) is 16.1. The number of para-hydroxylation sites is 1. The molecule has 6 heteroatoms. The molecule has 33 heavy (non-hydrogen) atoms. The molecule has 170 valence electrons. The van der Waals surface area contributed by atoms with Gasteiger partial charge in [-0.25, -0.2) is 0 Å². The van der Waals surface area contributed by atoms with Gasteiger partial charge < -0.3 is 24.3 Å². The molecule has 3 rings (SSSR count). The Kier molecular flexibility index (Phi) is 8.13. The zero-order chi connectivity index (χ0) is 23.6. The van der Waals surface area contributed by atoms with Gasteiger partial charge >= 0.3 is 0 Å². The van der Waals surface area contributed by atoms with Gasteiger partial charge in [0, 0.05) is 17.3 Å². The van der Waals surface area contributed by atoms with Crippen molar-refractivity contribution in [3.05, 3.63) is 83.4 Å². The van der Waals surface area contributed by atoms with Crippen molar-refractivity contribution >= 4 is 29.8 Å². The molecular weight excluding hydrogens is 418 g/mol. The molecule has 0 radical (unpaired) electrons. The number of ether oxygens (including phenoxy) is 4. The standard InChI is InChI=1S/C27H27NO5/c1-30-23-11-6-5-9-21(23)14-15-26(29)28-22-10-7-8-19(16-22)12-13-20-17-24(31-2)27(33-4)25(18-20)32-3/h5-18H,1-4H3,(H,28,29)/b13-12?,15-14+. The van der Waals surface area contributed by atoms with Crippen molar-refractivity contribution in [2.75, 3.05) is 33.8 Å². The normalized spacial score (nSPS) is 10.9. The highest BCUT2D eigenvalue weighted by Gasteiger charge is 2.12. The highest BCUT2D eigenvalue weighted by molar-refractivity contribution is 6.02. The molecule has 0 unspecified atom stereocenters. The molecule has 0 bridgehead atoms. The summed E-state index contributed by atoms with van der Waals surface area (Å²) in [5.41, 5.74) is 3.34. The Balaban J connectivity index is 1.73. The first kappa shape index (κ1) is 23.5. The SMILES string of the molecule is COc1ccccc1/C=C/C(=O)Nc1cccc(C=Cc2cc(OC)c(OC)c(OC)c2)c1. The van der Waals surface area contributed by atoms with E-state index in [-0.39, 0.29) is 5.91 Å². The van der Waals surface area contributed by atoms with Crippen LogP contribution in [0.1, 0.15) is 16.7 Å². The van der Waals surface area contributed by atoms with Crippen molar-refractivity contribution in [1.82, 2.24) is 0 Å². The lowest BCUT2D eigenvalue weighted by Gasteiger charge is -2.12. The molecule has 0 atom stereocenters. The molecule has 0 fully saturated rings. The molecule has 0 aliphatic carbocycles. The van der Waals surface area contributed by atoms with E-state index in [1.54, 1.807) is 34.5 Å². The van der Waals surface area contributed by atoms with E-state index in [4.69, 9.17) is 18.9 Å². The van der Waals surface area contributed by atoms with Crippen LogP contribution in [0.3, 0.4) is 0 Å². The van der Waals surface area contributed by atoms with Crippen molar-refractivity contribution in [1.29, 1.82) is 0 Å². The molecule has 1 N–H and O–H groups in total. The third-order valence-corrected chi connectivity index (χ3v) is 4.86. The van der Waals surface area contributed by atoms with E-state index in [0.717, 1.165) is 16.7 Å². The van der Waals surface area contributed by atoms with E-state index < -0.39 is 0 Å². The van der Waals surface area contributed by atoms with Gasteiger partial charge in [0.2, 0.25) is 11.7 Å².